The van der Waals surface area contributed by atoms with E-state index in [-0.39, 0.29) is 11.9 Å². The van der Waals surface area contributed by atoms with E-state index >= 15 is 0 Å². The van der Waals surface area contributed by atoms with Gasteiger partial charge in [0.2, 0.25) is 0 Å². The molecule has 18 heavy (non-hydrogen) atoms. The molecule has 0 radical (unpaired) electrons. The summed E-state index contributed by atoms with van der Waals surface area (Å²) >= 11 is 0. The van der Waals surface area contributed by atoms with E-state index in [0.29, 0.717) is 13.0 Å². The Labute approximate surface area is 109 Å². The van der Waals surface area contributed by atoms with Crippen LogP contribution in [0.5, 0.6) is 0 Å². The van der Waals surface area contributed by atoms with Crippen LogP contribution in [0.4, 0.5) is 0 Å². The summed E-state index contributed by atoms with van der Waals surface area (Å²) in [4.78, 5) is 12.2. The maximum absolute atomic E-state index is 12.2. The highest BCUT2D eigenvalue weighted by atomic mass is 16.5. The quantitative estimate of drug-likeness (QED) is 0.887. The van der Waals surface area contributed by atoms with E-state index in [1.54, 1.807) is 0 Å². The van der Waals surface area contributed by atoms with Crippen molar-refractivity contribution in [3.63, 3.8) is 0 Å². The lowest BCUT2D eigenvalue weighted by atomic mass is 9.89. The van der Waals surface area contributed by atoms with Crippen molar-refractivity contribution in [1.29, 1.82) is 0 Å². The van der Waals surface area contributed by atoms with E-state index in [1.807, 2.05) is 33.0 Å². The molecule has 3 nitrogen and oxygen atoms in total. The van der Waals surface area contributed by atoms with E-state index < -0.39 is 5.54 Å². The summed E-state index contributed by atoms with van der Waals surface area (Å²) in [5.74, 6) is 0.187. The molecule has 1 aromatic carbocycles. The molecule has 0 aliphatic carbocycles. The molecule has 1 unspecified atom stereocenters. The molecule has 3 heteroatoms. The van der Waals surface area contributed by atoms with Crippen molar-refractivity contribution < 1.29 is 9.53 Å². The Balaban J connectivity index is 2.15. The second kappa shape index (κ2) is 5.21. The molecular formula is C15H21NO2. The van der Waals surface area contributed by atoms with Crippen LogP contribution in [0.3, 0.4) is 0 Å². The topological polar surface area (TPSA) is 38.3 Å². The monoisotopic (exact) mass is 247 g/mol. The van der Waals surface area contributed by atoms with Crippen molar-refractivity contribution in [2.45, 2.75) is 38.3 Å². The van der Waals surface area contributed by atoms with Gasteiger partial charge >= 0.3 is 0 Å². The number of likely N-dealkylation sites (N-methyl/N-ethyl adjacent to an activating group) is 1. The Hall–Kier alpha value is -1.19. The highest BCUT2D eigenvalue weighted by molar-refractivity contribution is 5.88. The lowest BCUT2D eigenvalue weighted by molar-refractivity contribution is -0.127. The summed E-state index contributed by atoms with van der Waals surface area (Å²) in [5.41, 5.74) is 1.99. The van der Waals surface area contributed by atoms with E-state index in [1.165, 1.54) is 11.1 Å². The summed E-state index contributed by atoms with van der Waals surface area (Å²) < 4.78 is 5.77. The Bertz CT molecular complexity index is 440. The van der Waals surface area contributed by atoms with Gasteiger partial charge in [0, 0.05) is 6.42 Å². The molecule has 1 heterocycles. The molecule has 1 aliphatic heterocycles. The second-order valence-corrected chi connectivity index (χ2v) is 5.31. The first kappa shape index (κ1) is 13.2. The zero-order chi connectivity index (χ0) is 13.2. The maximum atomic E-state index is 12.2. The average Bonchev–Trinajstić information content (AvgIpc) is 2.39. The van der Waals surface area contributed by atoms with Gasteiger partial charge in [0.05, 0.1) is 18.2 Å². The third-order valence-corrected chi connectivity index (χ3v) is 3.79. The molecule has 0 saturated heterocycles. The number of Topliss-reactive ketones (excluding diaryl/α,β-unsaturated/α-hetero) is 1. The molecule has 1 aromatic rings. The first-order valence-electron chi connectivity index (χ1n) is 6.46. The van der Waals surface area contributed by atoms with E-state index in [4.69, 9.17) is 4.74 Å². The fourth-order valence-electron chi connectivity index (χ4n) is 2.21. The fourth-order valence-corrected chi connectivity index (χ4v) is 2.21. The molecule has 0 fully saturated rings. The third kappa shape index (κ3) is 2.62. The first-order valence-corrected chi connectivity index (χ1v) is 6.46. The van der Waals surface area contributed by atoms with Crippen LogP contribution < -0.4 is 5.32 Å². The van der Waals surface area contributed by atoms with Crippen molar-refractivity contribution in [1.82, 2.24) is 5.32 Å². The number of ether oxygens (including phenoxy) is 1. The maximum Gasteiger partial charge on any atom is 0.155 e. The lowest BCUT2D eigenvalue weighted by Crippen LogP contribution is -2.45. The normalized spacial score (nSPS) is 19.4. The molecule has 0 spiro atoms. The van der Waals surface area contributed by atoms with Gasteiger partial charge in [-0.15, -0.1) is 0 Å². The van der Waals surface area contributed by atoms with Gasteiger partial charge in [-0.3, -0.25) is 4.79 Å². The van der Waals surface area contributed by atoms with Crippen LogP contribution in [0.15, 0.2) is 24.3 Å². The van der Waals surface area contributed by atoms with Gasteiger partial charge in [-0.25, -0.2) is 0 Å². The van der Waals surface area contributed by atoms with Crippen LogP contribution in [-0.4, -0.2) is 25.0 Å². The summed E-state index contributed by atoms with van der Waals surface area (Å²) in [6.45, 7) is 4.52. The number of carbonyl (C=O) groups is 1. The molecule has 0 aromatic heterocycles. The highest BCUT2D eigenvalue weighted by Gasteiger charge is 2.30. The number of fused-ring (bicyclic) bond motifs is 1. The molecule has 98 valence electrons. The Morgan fingerprint density at radius 3 is 2.89 bits per heavy atom. The number of ketones is 1. The number of carbonyl (C=O) groups excluding carboxylic acids is 1. The summed E-state index contributed by atoms with van der Waals surface area (Å²) in [6.07, 6.45) is 1.29. The van der Waals surface area contributed by atoms with Crippen LogP contribution in [0.1, 0.15) is 37.5 Å². The van der Waals surface area contributed by atoms with E-state index in [0.717, 1.165) is 6.42 Å². The minimum atomic E-state index is -0.490. The standard InChI is InChI=1S/C15H21NO2/c1-15(2,16-3)14(17)10-13-12-7-5-4-6-11(12)8-9-18-13/h4-7,13,16H,8-10H2,1-3H3. The molecule has 1 N–H and O–H groups in total. The van der Waals surface area contributed by atoms with Crippen molar-refractivity contribution in [2.24, 2.45) is 0 Å². The number of hydrogen-bond acceptors (Lipinski definition) is 3. The fraction of sp³-hybridized carbons (Fsp3) is 0.533. The first-order chi connectivity index (χ1) is 8.54. The second-order valence-electron chi connectivity index (χ2n) is 5.31. The number of nitrogens with one attached hydrogen (secondary N) is 1. The number of benzene rings is 1. The van der Waals surface area contributed by atoms with E-state index in [9.17, 15) is 4.79 Å². The molecule has 0 amide bonds. The van der Waals surface area contributed by atoms with Gasteiger partial charge in [-0.1, -0.05) is 24.3 Å². The molecule has 1 atom stereocenters. The predicted octanol–water partition coefficient (Wildman–Crippen LogP) is 2.26. The van der Waals surface area contributed by atoms with Gasteiger partial charge in [0.1, 0.15) is 0 Å². The molecule has 0 bridgehead atoms. The highest BCUT2D eigenvalue weighted by Crippen LogP contribution is 2.30. The van der Waals surface area contributed by atoms with Crippen LogP contribution in [0, 0.1) is 0 Å². The minimum absolute atomic E-state index is 0.0879. The zero-order valence-corrected chi connectivity index (χ0v) is 11.3. The van der Waals surface area contributed by atoms with Crippen LogP contribution in [-0.2, 0) is 16.0 Å². The number of hydrogen-bond donors (Lipinski definition) is 1. The lowest BCUT2D eigenvalue weighted by Gasteiger charge is -2.29. The Kier molecular flexibility index (Phi) is 3.83. The Morgan fingerprint density at radius 2 is 2.17 bits per heavy atom. The minimum Gasteiger partial charge on any atom is -0.373 e. The van der Waals surface area contributed by atoms with Gasteiger partial charge in [0.25, 0.3) is 0 Å². The van der Waals surface area contributed by atoms with Gasteiger partial charge in [-0.2, -0.15) is 0 Å². The van der Waals surface area contributed by atoms with Gasteiger partial charge in [0.15, 0.2) is 5.78 Å². The van der Waals surface area contributed by atoms with Crippen molar-refractivity contribution >= 4 is 5.78 Å². The third-order valence-electron chi connectivity index (χ3n) is 3.79. The molecule has 2 rings (SSSR count). The predicted molar refractivity (Wildman–Crippen MR) is 71.6 cm³/mol. The summed E-state index contributed by atoms with van der Waals surface area (Å²) in [5, 5.41) is 3.05. The SMILES string of the molecule is CNC(C)(C)C(=O)CC1OCCc2ccccc21. The van der Waals surface area contributed by atoms with Crippen LogP contribution in [0.25, 0.3) is 0 Å². The van der Waals surface area contributed by atoms with Gasteiger partial charge in [-0.05, 0) is 38.4 Å². The average molecular weight is 247 g/mol. The Morgan fingerprint density at radius 1 is 1.44 bits per heavy atom. The summed E-state index contributed by atoms with van der Waals surface area (Å²) in [6, 6.07) is 8.24. The molecule has 0 saturated carbocycles. The van der Waals surface area contributed by atoms with Crippen LogP contribution in [0.2, 0.25) is 0 Å². The van der Waals surface area contributed by atoms with Crippen molar-refractivity contribution in [2.75, 3.05) is 13.7 Å². The van der Waals surface area contributed by atoms with Crippen molar-refractivity contribution in [3.05, 3.63) is 35.4 Å². The van der Waals surface area contributed by atoms with E-state index in [2.05, 4.69) is 17.4 Å². The van der Waals surface area contributed by atoms with Crippen molar-refractivity contribution in [3.8, 4) is 0 Å². The smallest absolute Gasteiger partial charge is 0.155 e. The summed E-state index contributed by atoms with van der Waals surface area (Å²) in [7, 11) is 1.81. The number of rotatable bonds is 4. The van der Waals surface area contributed by atoms with Gasteiger partial charge < -0.3 is 10.1 Å². The zero-order valence-electron chi connectivity index (χ0n) is 11.3. The largest absolute Gasteiger partial charge is 0.373 e. The van der Waals surface area contributed by atoms with Crippen LogP contribution >= 0.6 is 0 Å². The molecular weight excluding hydrogens is 226 g/mol. The molecule has 1 aliphatic rings.